The van der Waals surface area contributed by atoms with Gasteiger partial charge in [0.05, 0.1) is 11.1 Å². The van der Waals surface area contributed by atoms with Crippen molar-refractivity contribution in [3.63, 3.8) is 0 Å². The van der Waals surface area contributed by atoms with Crippen LogP contribution in [0.2, 0.25) is 0 Å². The van der Waals surface area contributed by atoms with E-state index in [9.17, 15) is 4.79 Å². The standard InChI is InChI=1S/C12H12N2OS/c1-14-7-9(6-13-14)11-5-8-3-2-4-10(15)12(8)16-11/h5-7H,2-4H2,1H3. The molecule has 3 nitrogen and oxygen atoms in total. The summed E-state index contributed by atoms with van der Waals surface area (Å²) in [6.07, 6.45) is 6.58. The van der Waals surface area contributed by atoms with Gasteiger partial charge in [0, 0.05) is 30.1 Å². The summed E-state index contributed by atoms with van der Waals surface area (Å²) >= 11 is 1.61. The molecule has 0 spiro atoms. The number of nitrogens with zero attached hydrogens (tertiary/aromatic N) is 2. The molecule has 0 amide bonds. The van der Waals surface area contributed by atoms with Crippen LogP contribution in [0.3, 0.4) is 0 Å². The molecule has 4 heteroatoms. The topological polar surface area (TPSA) is 34.9 Å². The molecule has 0 saturated carbocycles. The molecule has 0 aliphatic heterocycles. The van der Waals surface area contributed by atoms with E-state index in [0.29, 0.717) is 12.2 Å². The second-order valence-electron chi connectivity index (χ2n) is 4.14. The Morgan fingerprint density at radius 3 is 3.00 bits per heavy atom. The van der Waals surface area contributed by atoms with Gasteiger partial charge in [-0.2, -0.15) is 5.10 Å². The number of hydrogen-bond acceptors (Lipinski definition) is 3. The molecule has 3 rings (SSSR count). The van der Waals surface area contributed by atoms with Gasteiger partial charge in [-0.15, -0.1) is 11.3 Å². The summed E-state index contributed by atoms with van der Waals surface area (Å²) in [5.41, 5.74) is 2.33. The number of carbonyl (C=O) groups is 1. The number of hydrogen-bond donors (Lipinski definition) is 0. The van der Waals surface area contributed by atoms with Crippen LogP contribution in [-0.4, -0.2) is 15.6 Å². The Morgan fingerprint density at radius 1 is 1.44 bits per heavy atom. The van der Waals surface area contributed by atoms with Crippen LogP contribution in [-0.2, 0) is 13.5 Å². The van der Waals surface area contributed by atoms with E-state index in [-0.39, 0.29) is 0 Å². The fraction of sp³-hybridized carbons (Fsp3) is 0.333. The Balaban J connectivity index is 2.07. The number of ketones is 1. The predicted octanol–water partition coefficient (Wildman–Crippen LogP) is 2.67. The second kappa shape index (κ2) is 3.56. The Morgan fingerprint density at radius 2 is 2.31 bits per heavy atom. The predicted molar refractivity (Wildman–Crippen MR) is 63.8 cm³/mol. The lowest BCUT2D eigenvalue weighted by atomic mass is 9.98. The first-order valence-electron chi connectivity index (χ1n) is 5.39. The number of Topliss-reactive ketones (excluding diaryl/α,β-unsaturated/α-hetero) is 1. The highest BCUT2D eigenvalue weighted by atomic mass is 32.1. The van der Waals surface area contributed by atoms with Crippen LogP contribution in [0.5, 0.6) is 0 Å². The SMILES string of the molecule is Cn1cc(-c2cc3c(s2)C(=O)CCC3)cn1. The molecule has 2 heterocycles. The number of fused-ring (bicyclic) bond motifs is 1. The van der Waals surface area contributed by atoms with E-state index in [2.05, 4.69) is 11.2 Å². The number of aromatic nitrogens is 2. The third-order valence-corrected chi connectivity index (χ3v) is 4.17. The van der Waals surface area contributed by atoms with E-state index in [1.807, 2.05) is 19.4 Å². The molecule has 0 unspecified atom stereocenters. The van der Waals surface area contributed by atoms with Gasteiger partial charge in [0.25, 0.3) is 0 Å². The van der Waals surface area contributed by atoms with Crippen molar-refractivity contribution >= 4 is 17.1 Å². The van der Waals surface area contributed by atoms with Crippen LogP contribution < -0.4 is 0 Å². The molecule has 0 N–H and O–H groups in total. The Kier molecular flexibility index (Phi) is 2.17. The second-order valence-corrected chi connectivity index (χ2v) is 5.20. The van der Waals surface area contributed by atoms with Gasteiger partial charge in [-0.3, -0.25) is 9.48 Å². The molecular weight excluding hydrogens is 220 g/mol. The molecular formula is C12H12N2OS. The van der Waals surface area contributed by atoms with Crippen LogP contribution >= 0.6 is 11.3 Å². The average molecular weight is 232 g/mol. The van der Waals surface area contributed by atoms with Gasteiger partial charge in [-0.1, -0.05) is 0 Å². The Bertz CT molecular complexity index is 553. The summed E-state index contributed by atoms with van der Waals surface area (Å²) in [5.74, 6) is 0.307. The van der Waals surface area contributed by atoms with Gasteiger partial charge in [0.15, 0.2) is 5.78 Å². The smallest absolute Gasteiger partial charge is 0.173 e. The number of thiophene rings is 1. The van der Waals surface area contributed by atoms with Gasteiger partial charge < -0.3 is 0 Å². The van der Waals surface area contributed by atoms with E-state index in [1.165, 1.54) is 5.56 Å². The molecule has 2 aromatic heterocycles. The van der Waals surface area contributed by atoms with Crippen LogP contribution in [0.15, 0.2) is 18.5 Å². The zero-order valence-electron chi connectivity index (χ0n) is 9.06. The van der Waals surface area contributed by atoms with Crippen molar-refractivity contribution in [2.45, 2.75) is 19.3 Å². The minimum Gasteiger partial charge on any atom is -0.293 e. The van der Waals surface area contributed by atoms with Crippen molar-refractivity contribution < 1.29 is 4.79 Å². The quantitative estimate of drug-likeness (QED) is 0.757. The minimum atomic E-state index is 0.307. The molecule has 1 aliphatic rings. The van der Waals surface area contributed by atoms with Crippen LogP contribution in [0.1, 0.15) is 28.1 Å². The van der Waals surface area contributed by atoms with E-state index >= 15 is 0 Å². The molecule has 16 heavy (non-hydrogen) atoms. The van der Waals surface area contributed by atoms with Gasteiger partial charge in [0.2, 0.25) is 0 Å². The average Bonchev–Trinajstić information content (AvgIpc) is 2.84. The fourth-order valence-corrected chi connectivity index (χ4v) is 3.25. The molecule has 0 bridgehead atoms. The van der Waals surface area contributed by atoms with E-state index in [4.69, 9.17) is 0 Å². The maximum Gasteiger partial charge on any atom is 0.173 e. The Labute approximate surface area is 97.7 Å². The highest BCUT2D eigenvalue weighted by Crippen LogP contribution is 2.35. The fourth-order valence-electron chi connectivity index (χ4n) is 2.09. The first kappa shape index (κ1) is 9.78. The largest absolute Gasteiger partial charge is 0.293 e. The van der Waals surface area contributed by atoms with Crippen molar-refractivity contribution in [2.75, 3.05) is 0 Å². The van der Waals surface area contributed by atoms with Crippen LogP contribution in [0.4, 0.5) is 0 Å². The van der Waals surface area contributed by atoms with E-state index in [0.717, 1.165) is 28.2 Å². The summed E-state index contributed by atoms with van der Waals surface area (Å²) < 4.78 is 1.79. The number of carbonyl (C=O) groups excluding carboxylic acids is 1. The molecule has 0 atom stereocenters. The van der Waals surface area contributed by atoms with Gasteiger partial charge in [-0.05, 0) is 24.5 Å². The summed E-state index contributed by atoms with van der Waals surface area (Å²) in [4.78, 5) is 13.8. The van der Waals surface area contributed by atoms with Crippen LogP contribution in [0, 0.1) is 0 Å². The van der Waals surface area contributed by atoms with Crippen molar-refractivity contribution in [2.24, 2.45) is 7.05 Å². The summed E-state index contributed by atoms with van der Waals surface area (Å²) in [6, 6.07) is 2.15. The summed E-state index contributed by atoms with van der Waals surface area (Å²) in [5, 5.41) is 4.16. The molecule has 0 radical (unpaired) electrons. The van der Waals surface area contributed by atoms with Crippen molar-refractivity contribution in [3.8, 4) is 10.4 Å². The zero-order chi connectivity index (χ0) is 11.1. The summed E-state index contributed by atoms with van der Waals surface area (Å²) in [6.45, 7) is 0. The lowest BCUT2D eigenvalue weighted by Crippen LogP contribution is -2.06. The molecule has 0 saturated heterocycles. The normalized spacial score (nSPS) is 15.2. The van der Waals surface area contributed by atoms with Crippen molar-refractivity contribution in [1.82, 2.24) is 9.78 Å². The van der Waals surface area contributed by atoms with Gasteiger partial charge >= 0.3 is 0 Å². The minimum absolute atomic E-state index is 0.307. The zero-order valence-corrected chi connectivity index (χ0v) is 9.88. The molecule has 82 valence electrons. The maximum atomic E-state index is 11.7. The number of rotatable bonds is 1. The highest BCUT2D eigenvalue weighted by molar-refractivity contribution is 7.17. The van der Waals surface area contributed by atoms with Crippen molar-refractivity contribution in [1.29, 1.82) is 0 Å². The van der Waals surface area contributed by atoms with Crippen molar-refractivity contribution in [3.05, 3.63) is 28.9 Å². The number of aryl methyl sites for hydroxylation is 2. The Hall–Kier alpha value is -1.42. The first-order valence-corrected chi connectivity index (χ1v) is 6.20. The highest BCUT2D eigenvalue weighted by Gasteiger charge is 2.21. The molecule has 2 aromatic rings. The monoisotopic (exact) mass is 232 g/mol. The third kappa shape index (κ3) is 1.50. The lowest BCUT2D eigenvalue weighted by Gasteiger charge is -2.07. The first-order chi connectivity index (χ1) is 7.74. The lowest BCUT2D eigenvalue weighted by molar-refractivity contribution is 0.0977. The van der Waals surface area contributed by atoms with E-state index < -0.39 is 0 Å². The maximum absolute atomic E-state index is 11.7. The molecule has 1 aliphatic carbocycles. The molecule has 0 fully saturated rings. The van der Waals surface area contributed by atoms with Crippen LogP contribution in [0.25, 0.3) is 10.4 Å². The molecule has 0 aromatic carbocycles. The van der Waals surface area contributed by atoms with Gasteiger partial charge in [-0.25, -0.2) is 0 Å². The van der Waals surface area contributed by atoms with Gasteiger partial charge in [0.1, 0.15) is 0 Å². The summed E-state index contributed by atoms with van der Waals surface area (Å²) in [7, 11) is 1.90. The van der Waals surface area contributed by atoms with E-state index in [1.54, 1.807) is 16.0 Å². The third-order valence-electron chi connectivity index (χ3n) is 2.90.